The lowest BCUT2D eigenvalue weighted by molar-refractivity contribution is -0.142. The van der Waals surface area contributed by atoms with Gasteiger partial charge in [0.05, 0.1) is 19.8 Å². The summed E-state index contributed by atoms with van der Waals surface area (Å²) in [4.78, 5) is 38.7. The Hall–Kier alpha value is -3.43. The molecule has 2 aromatic rings. The van der Waals surface area contributed by atoms with Crippen LogP contribution in [0.1, 0.15) is 23.6 Å². The Bertz CT molecular complexity index is 1010. The molecule has 0 unspecified atom stereocenters. The summed E-state index contributed by atoms with van der Waals surface area (Å²) in [6.07, 6.45) is 0.0808. The Morgan fingerprint density at radius 1 is 1.06 bits per heavy atom. The molecule has 1 aliphatic heterocycles. The van der Waals surface area contributed by atoms with Crippen LogP contribution in [0.15, 0.2) is 48.5 Å². The van der Waals surface area contributed by atoms with Crippen LogP contribution >= 0.6 is 0 Å². The molecule has 0 spiro atoms. The van der Waals surface area contributed by atoms with Crippen molar-refractivity contribution in [3.8, 4) is 5.75 Å². The maximum absolute atomic E-state index is 12.6. The average molecular weight is 484 g/mol. The third-order valence-corrected chi connectivity index (χ3v) is 5.79. The largest absolute Gasteiger partial charge is 0.489 e. The molecule has 0 radical (unpaired) electrons. The van der Waals surface area contributed by atoms with Crippen LogP contribution in [0, 0.1) is 6.92 Å². The topological polar surface area (TPSA) is 117 Å². The number of morpholine rings is 1. The van der Waals surface area contributed by atoms with Crippen LogP contribution in [0.2, 0.25) is 0 Å². The number of aliphatic carboxylic acids is 1. The number of carboxylic acid groups (broad SMARTS) is 1. The molecule has 3 N–H and O–H groups in total. The van der Waals surface area contributed by atoms with E-state index in [4.69, 9.17) is 9.47 Å². The van der Waals surface area contributed by atoms with E-state index in [1.165, 1.54) is 6.92 Å². The number of amides is 2. The first-order valence-corrected chi connectivity index (χ1v) is 11.7. The summed E-state index contributed by atoms with van der Waals surface area (Å²) in [7, 11) is 0. The van der Waals surface area contributed by atoms with Gasteiger partial charge in [0.25, 0.3) is 0 Å². The van der Waals surface area contributed by atoms with Gasteiger partial charge in [-0.2, -0.15) is 0 Å². The normalized spacial score (nSPS) is 15.6. The van der Waals surface area contributed by atoms with Crippen molar-refractivity contribution in [2.45, 2.75) is 39.0 Å². The van der Waals surface area contributed by atoms with Gasteiger partial charge in [-0.15, -0.1) is 0 Å². The van der Waals surface area contributed by atoms with Crippen LogP contribution in [-0.4, -0.2) is 72.7 Å². The second-order valence-corrected chi connectivity index (χ2v) is 8.66. The fourth-order valence-electron chi connectivity index (χ4n) is 3.71. The van der Waals surface area contributed by atoms with Crippen LogP contribution < -0.4 is 15.4 Å². The molecule has 3 rings (SSSR count). The molecule has 2 atom stereocenters. The molecule has 0 aromatic heterocycles. The second-order valence-electron chi connectivity index (χ2n) is 8.66. The van der Waals surface area contributed by atoms with E-state index in [9.17, 15) is 19.5 Å². The quantitative estimate of drug-likeness (QED) is 0.444. The van der Waals surface area contributed by atoms with Gasteiger partial charge in [0, 0.05) is 19.5 Å². The molecule has 0 bridgehead atoms. The van der Waals surface area contributed by atoms with Crippen LogP contribution in [0.25, 0.3) is 0 Å². The molecule has 35 heavy (non-hydrogen) atoms. The first-order valence-electron chi connectivity index (χ1n) is 11.7. The van der Waals surface area contributed by atoms with Gasteiger partial charge in [0.1, 0.15) is 24.4 Å². The number of nitrogens with zero attached hydrogens (tertiary/aromatic N) is 1. The SMILES string of the molecule is Cc1ccc(C[C@H](NC(=O)[C@H](C)NC(=O)CN2CCOCC2)C(=O)O)cc1OCc1ccccc1. The number of nitrogens with one attached hydrogen (secondary N) is 2. The zero-order chi connectivity index (χ0) is 25.2. The zero-order valence-corrected chi connectivity index (χ0v) is 20.2. The molecule has 1 heterocycles. The Kier molecular flexibility index (Phi) is 9.63. The van der Waals surface area contributed by atoms with E-state index >= 15 is 0 Å². The Morgan fingerprint density at radius 3 is 2.46 bits per heavy atom. The van der Waals surface area contributed by atoms with Crippen LogP contribution in [-0.2, 0) is 32.1 Å². The number of carbonyl (C=O) groups is 3. The molecular formula is C26H33N3O6. The number of carboxylic acids is 1. The van der Waals surface area contributed by atoms with Gasteiger partial charge in [-0.05, 0) is 36.6 Å². The highest BCUT2D eigenvalue weighted by molar-refractivity contribution is 5.90. The van der Waals surface area contributed by atoms with E-state index in [1.54, 1.807) is 6.07 Å². The fourth-order valence-corrected chi connectivity index (χ4v) is 3.71. The lowest BCUT2D eigenvalue weighted by Gasteiger charge is -2.26. The number of aryl methyl sites for hydroxylation is 1. The van der Waals surface area contributed by atoms with Crippen LogP contribution in [0.5, 0.6) is 5.75 Å². The van der Waals surface area contributed by atoms with Crippen molar-refractivity contribution in [1.82, 2.24) is 15.5 Å². The van der Waals surface area contributed by atoms with Crippen molar-refractivity contribution in [3.05, 3.63) is 65.2 Å². The highest BCUT2D eigenvalue weighted by Gasteiger charge is 2.25. The number of carbonyl (C=O) groups excluding carboxylic acids is 2. The summed E-state index contributed by atoms with van der Waals surface area (Å²) in [6.45, 7) is 6.47. The second kappa shape index (κ2) is 12.9. The lowest BCUT2D eigenvalue weighted by atomic mass is 10.0. The third kappa shape index (κ3) is 8.38. The predicted octanol–water partition coefficient (Wildman–Crippen LogP) is 1.52. The van der Waals surface area contributed by atoms with Crippen molar-refractivity contribution in [2.75, 3.05) is 32.8 Å². The minimum absolute atomic E-state index is 0.0808. The van der Waals surface area contributed by atoms with Crippen molar-refractivity contribution in [3.63, 3.8) is 0 Å². The maximum atomic E-state index is 12.6. The Balaban J connectivity index is 1.55. The summed E-state index contributed by atoms with van der Waals surface area (Å²) in [5.41, 5.74) is 2.67. The zero-order valence-electron chi connectivity index (χ0n) is 20.2. The molecule has 1 saturated heterocycles. The number of hydrogen-bond donors (Lipinski definition) is 3. The summed E-state index contributed by atoms with van der Waals surface area (Å²) in [5.74, 6) is -1.34. The smallest absolute Gasteiger partial charge is 0.326 e. The van der Waals surface area contributed by atoms with Crippen molar-refractivity contribution in [1.29, 1.82) is 0 Å². The van der Waals surface area contributed by atoms with Gasteiger partial charge >= 0.3 is 5.97 Å². The lowest BCUT2D eigenvalue weighted by Crippen LogP contribution is -2.53. The average Bonchev–Trinajstić information content (AvgIpc) is 2.84. The number of rotatable bonds is 11. The van der Waals surface area contributed by atoms with E-state index in [2.05, 4.69) is 10.6 Å². The van der Waals surface area contributed by atoms with Gasteiger partial charge in [0.15, 0.2) is 0 Å². The standard InChI is InChI=1S/C26H33N3O6/c1-18-8-9-21(15-23(18)35-17-20-6-4-3-5-7-20)14-22(26(32)33)28-25(31)19(2)27-24(30)16-29-10-12-34-13-11-29/h3-9,15,19,22H,10-14,16-17H2,1-2H3,(H,27,30)(H,28,31)(H,32,33)/t19-,22-/m0/s1. The van der Waals surface area contributed by atoms with E-state index in [0.717, 1.165) is 16.7 Å². The monoisotopic (exact) mass is 483 g/mol. The van der Waals surface area contributed by atoms with E-state index in [-0.39, 0.29) is 18.9 Å². The van der Waals surface area contributed by atoms with Gasteiger partial charge in [-0.1, -0.05) is 42.5 Å². The van der Waals surface area contributed by atoms with Gasteiger partial charge in [0.2, 0.25) is 11.8 Å². The molecule has 2 aromatic carbocycles. The molecule has 1 aliphatic rings. The molecule has 0 aliphatic carbocycles. The van der Waals surface area contributed by atoms with Crippen LogP contribution in [0.4, 0.5) is 0 Å². The summed E-state index contributed by atoms with van der Waals surface area (Å²) in [6, 6.07) is 13.2. The van der Waals surface area contributed by atoms with Gasteiger partial charge in [-0.3, -0.25) is 14.5 Å². The van der Waals surface area contributed by atoms with Crippen molar-refractivity contribution in [2.24, 2.45) is 0 Å². The molecule has 2 amide bonds. The van der Waals surface area contributed by atoms with Gasteiger partial charge < -0.3 is 25.2 Å². The molecule has 1 fully saturated rings. The summed E-state index contributed by atoms with van der Waals surface area (Å²) < 4.78 is 11.2. The van der Waals surface area contributed by atoms with Crippen molar-refractivity contribution < 1.29 is 29.0 Å². The Morgan fingerprint density at radius 2 is 1.77 bits per heavy atom. The van der Waals surface area contributed by atoms with E-state index in [0.29, 0.717) is 38.7 Å². The van der Waals surface area contributed by atoms with Crippen LogP contribution in [0.3, 0.4) is 0 Å². The van der Waals surface area contributed by atoms with Gasteiger partial charge in [-0.25, -0.2) is 4.79 Å². The first-order chi connectivity index (χ1) is 16.8. The Labute approximate surface area is 205 Å². The number of hydrogen-bond acceptors (Lipinski definition) is 6. The molecule has 188 valence electrons. The highest BCUT2D eigenvalue weighted by Crippen LogP contribution is 2.22. The fraction of sp³-hybridized carbons (Fsp3) is 0.423. The minimum Gasteiger partial charge on any atom is -0.489 e. The first kappa shape index (κ1) is 26.2. The molecule has 9 nitrogen and oxygen atoms in total. The van der Waals surface area contributed by atoms with E-state index in [1.807, 2.05) is 54.3 Å². The number of benzene rings is 2. The highest BCUT2D eigenvalue weighted by atomic mass is 16.5. The minimum atomic E-state index is -1.16. The molecule has 0 saturated carbocycles. The predicted molar refractivity (Wildman–Crippen MR) is 130 cm³/mol. The van der Waals surface area contributed by atoms with Crippen molar-refractivity contribution >= 4 is 17.8 Å². The molecule has 9 heteroatoms. The summed E-state index contributed by atoms with van der Waals surface area (Å²) >= 11 is 0. The molecular weight excluding hydrogens is 450 g/mol. The number of ether oxygens (including phenoxy) is 2. The third-order valence-electron chi connectivity index (χ3n) is 5.79. The van der Waals surface area contributed by atoms with E-state index < -0.39 is 24.0 Å². The maximum Gasteiger partial charge on any atom is 0.326 e. The summed E-state index contributed by atoms with van der Waals surface area (Å²) in [5, 5.41) is 14.9.